The van der Waals surface area contributed by atoms with E-state index < -0.39 is 5.97 Å². The molecule has 0 radical (unpaired) electrons. The summed E-state index contributed by atoms with van der Waals surface area (Å²) in [6.07, 6.45) is 2.90. The molecule has 0 aromatic rings. The fourth-order valence-corrected chi connectivity index (χ4v) is 3.42. The van der Waals surface area contributed by atoms with E-state index in [9.17, 15) is 9.59 Å². The number of carboxylic acid groups (broad SMARTS) is 1. The molecule has 0 saturated carbocycles. The lowest BCUT2D eigenvalue weighted by atomic mass is 10.2. The van der Waals surface area contributed by atoms with Crippen molar-refractivity contribution >= 4 is 23.6 Å². The van der Waals surface area contributed by atoms with Crippen LogP contribution in [0.25, 0.3) is 0 Å². The molecule has 0 aromatic heterocycles. The van der Waals surface area contributed by atoms with Crippen LogP contribution in [-0.2, 0) is 9.59 Å². The van der Waals surface area contributed by atoms with Gasteiger partial charge in [0.05, 0.1) is 5.75 Å². The average molecular weight is 302 g/mol. The molecule has 20 heavy (non-hydrogen) atoms. The van der Waals surface area contributed by atoms with Crippen molar-refractivity contribution in [2.75, 3.05) is 25.4 Å². The van der Waals surface area contributed by atoms with Gasteiger partial charge in [0.1, 0.15) is 0 Å². The second-order valence-electron chi connectivity index (χ2n) is 5.44. The van der Waals surface area contributed by atoms with E-state index in [1.54, 1.807) is 16.7 Å². The normalized spacial score (nSPS) is 16.4. The van der Waals surface area contributed by atoms with Gasteiger partial charge in [0.25, 0.3) is 0 Å². The molecule has 0 aromatic carbocycles. The number of carboxylic acids is 1. The molecule has 116 valence electrons. The third-order valence-electron chi connectivity index (χ3n) is 3.46. The number of amides is 1. The minimum absolute atomic E-state index is 0.123. The predicted molar refractivity (Wildman–Crippen MR) is 82.1 cm³/mol. The minimum atomic E-state index is -0.801. The second-order valence-corrected chi connectivity index (χ2v) is 6.73. The van der Waals surface area contributed by atoms with Gasteiger partial charge in [0, 0.05) is 24.3 Å². The zero-order valence-electron chi connectivity index (χ0n) is 12.4. The van der Waals surface area contributed by atoms with Crippen molar-refractivity contribution in [3.63, 3.8) is 0 Å². The second kappa shape index (κ2) is 9.23. The van der Waals surface area contributed by atoms with Crippen LogP contribution in [0.5, 0.6) is 0 Å². The lowest BCUT2D eigenvalue weighted by Crippen LogP contribution is -2.39. The van der Waals surface area contributed by atoms with Crippen LogP contribution in [0.3, 0.4) is 0 Å². The summed E-state index contributed by atoms with van der Waals surface area (Å²) >= 11 is 1.74. The molecule has 1 heterocycles. The first-order valence-electron chi connectivity index (χ1n) is 7.34. The lowest BCUT2D eigenvalue weighted by molar-refractivity contribution is -0.138. The Balaban J connectivity index is 2.32. The highest BCUT2D eigenvalue weighted by molar-refractivity contribution is 8.00. The number of piperidine rings is 1. The zero-order chi connectivity index (χ0) is 15.0. The SMILES string of the molecule is CC(C)N(CCCC(=O)O)C(=O)CSC1CCNCC1. The molecule has 1 aliphatic rings. The van der Waals surface area contributed by atoms with Gasteiger partial charge in [-0.15, -0.1) is 11.8 Å². The summed E-state index contributed by atoms with van der Waals surface area (Å²) in [7, 11) is 0. The number of hydrogen-bond donors (Lipinski definition) is 2. The summed E-state index contributed by atoms with van der Waals surface area (Å²) in [5.74, 6) is -0.158. The van der Waals surface area contributed by atoms with Crippen molar-refractivity contribution in [3.8, 4) is 0 Å². The molecule has 5 nitrogen and oxygen atoms in total. The van der Waals surface area contributed by atoms with Crippen molar-refractivity contribution < 1.29 is 14.7 Å². The van der Waals surface area contributed by atoms with Crippen LogP contribution < -0.4 is 5.32 Å². The van der Waals surface area contributed by atoms with Crippen molar-refractivity contribution in [1.29, 1.82) is 0 Å². The van der Waals surface area contributed by atoms with E-state index in [0.29, 0.717) is 24.0 Å². The highest BCUT2D eigenvalue weighted by Crippen LogP contribution is 2.21. The van der Waals surface area contributed by atoms with E-state index in [1.165, 1.54) is 0 Å². The maximum absolute atomic E-state index is 12.2. The van der Waals surface area contributed by atoms with Crippen molar-refractivity contribution in [2.45, 2.75) is 50.8 Å². The fraction of sp³-hybridized carbons (Fsp3) is 0.857. The molecule has 2 N–H and O–H groups in total. The van der Waals surface area contributed by atoms with Gasteiger partial charge in [-0.1, -0.05) is 0 Å². The number of nitrogens with one attached hydrogen (secondary N) is 1. The third-order valence-corrected chi connectivity index (χ3v) is 4.82. The molecule has 6 heteroatoms. The number of thioether (sulfide) groups is 1. The average Bonchev–Trinajstić information content (AvgIpc) is 2.41. The maximum atomic E-state index is 12.2. The molecule has 0 aliphatic carbocycles. The summed E-state index contributed by atoms with van der Waals surface area (Å²) in [6.45, 7) is 6.58. The molecular formula is C14H26N2O3S. The molecule has 1 amide bonds. The summed E-state index contributed by atoms with van der Waals surface area (Å²) in [5, 5.41) is 12.6. The third kappa shape index (κ3) is 6.61. The summed E-state index contributed by atoms with van der Waals surface area (Å²) < 4.78 is 0. The Labute approximate surface area is 125 Å². The minimum Gasteiger partial charge on any atom is -0.481 e. The summed E-state index contributed by atoms with van der Waals surface area (Å²) in [4.78, 5) is 24.6. The van der Waals surface area contributed by atoms with Crippen LogP contribution in [0.1, 0.15) is 39.5 Å². The van der Waals surface area contributed by atoms with Gasteiger partial charge >= 0.3 is 5.97 Å². The zero-order valence-corrected chi connectivity index (χ0v) is 13.2. The molecule has 1 rings (SSSR count). The van der Waals surface area contributed by atoms with Gasteiger partial charge in [-0.2, -0.15) is 0 Å². The van der Waals surface area contributed by atoms with E-state index in [-0.39, 0.29) is 18.4 Å². The predicted octanol–water partition coefficient (Wildman–Crippen LogP) is 1.57. The first-order valence-corrected chi connectivity index (χ1v) is 8.39. The number of hydrogen-bond acceptors (Lipinski definition) is 4. The number of carbonyl (C=O) groups is 2. The van der Waals surface area contributed by atoms with Gasteiger partial charge in [-0.05, 0) is 46.2 Å². The van der Waals surface area contributed by atoms with E-state index >= 15 is 0 Å². The Bertz CT molecular complexity index is 318. The molecule has 0 bridgehead atoms. The molecule has 0 spiro atoms. The number of aliphatic carboxylic acids is 1. The summed E-state index contributed by atoms with van der Waals surface area (Å²) in [5.41, 5.74) is 0. The largest absolute Gasteiger partial charge is 0.481 e. The Morgan fingerprint density at radius 1 is 1.35 bits per heavy atom. The first-order chi connectivity index (χ1) is 9.50. The molecule has 1 saturated heterocycles. The van der Waals surface area contributed by atoms with E-state index in [1.807, 2.05) is 13.8 Å². The van der Waals surface area contributed by atoms with Gasteiger partial charge in [-0.3, -0.25) is 9.59 Å². The van der Waals surface area contributed by atoms with Crippen LogP contribution in [0.4, 0.5) is 0 Å². The monoisotopic (exact) mass is 302 g/mol. The van der Waals surface area contributed by atoms with E-state index in [0.717, 1.165) is 25.9 Å². The van der Waals surface area contributed by atoms with Crippen molar-refractivity contribution in [2.24, 2.45) is 0 Å². The Morgan fingerprint density at radius 3 is 2.55 bits per heavy atom. The number of nitrogens with zero attached hydrogens (tertiary/aromatic N) is 1. The maximum Gasteiger partial charge on any atom is 0.303 e. The molecule has 1 aliphatic heterocycles. The van der Waals surface area contributed by atoms with Crippen molar-refractivity contribution in [1.82, 2.24) is 10.2 Å². The number of carbonyl (C=O) groups excluding carboxylic acids is 1. The Kier molecular flexibility index (Phi) is 7.99. The standard InChI is InChI=1S/C14H26N2O3S/c1-11(2)16(9-3-4-14(18)19)13(17)10-20-12-5-7-15-8-6-12/h11-12,15H,3-10H2,1-2H3,(H,18,19). The van der Waals surface area contributed by atoms with Gasteiger partial charge in [0.15, 0.2) is 0 Å². The van der Waals surface area contributed by atoms with Crippen LogP contribution in [0, 0.1) is 0 Å². The molecule has 0 unspecified atom stereocenters. The van der Waals surface area contributed by atoms with Gasteiger partial charge < -0.3 is 15.3 Å². The lowest BCUT2D eigenvalue weighted by Gasteiger charge is -2.28. The van der Waals surface area contributed by atoms with Gasteiger partial charge in [0.2, 0.25) is 5.91 Å². The van der Waals surface area contributed by atoms with E-state index in [2.05, 4.69) is 5.32 Å². The first kappa shape index (κ1) is 17.3. The van der Waals surface area contributed by atoms with Crippen LogP contribution in [-0.4, -0.2) is 58.6 Å². The quantitative estimate of drug-likeness (QED) is 0.712. The summed E-state index contributed by atoms with van der Waals surface area (Å²) in [6, 6.07) is 0.130. The topological polar surface area (TPSA) is 69.6 Å². The fourth-order valence-electron chi connectivity index (χ4n) is 2.31. The van der Waals surface area contributed by atoms with Crippen LogP contribution >= 0.6 is 11.8 Å². The highest BCUT2D eigenvalue weighted by atomic mass is 32.2. The van der Waals surface area contributed by atoms with E-state index in [4.69, 9.17) is 5.11 Å². The smallest absolute Gasteiger partial charge is 0.303 e. The van der Waals surface area contributed by atoms with Crippen molar-refractivity contribution in [3.05, 3.63) is 0 Å². The Hall–Kier alpha value is -0.750. The Morgan fingerprint density at radius 2 is 2.00 bits per heavy atom. The number of rotatable bonds is 8. The molecule has 1 fully saturated rings. The van der Waals surface area contributed by atoms with Crippen LogP contribution in [0.15, 0.2) is 0 Å². The van der Waals surface area contributed by atoms with Crippen LogP contribution in [0.2, 0.25) is 0 Å². The van der Waals surface area contributed by atoms with Gasteiger partial charge in [-0.25, -0.2) is 0 Å². The molecular weight excluding hydrogens is 276 g/mol. The molecule has 0 atom stereocenters. The highest BCUT2D eigenvalue weighted by Gasteiger charge is 2.20.